The smallest absolute Gasteiger partial charge is 0.0299 e. The highest BCUT2D eigenvalue weighted by Crippen LogP contribution is 2.16. The molecule has 1 atom stereocenters. The molecule has 0 spiro atoms. The zero-order chi connectivity index (χ0) is 9.68. The van der Waals surface area contributed by atoms with E-state index in [1.54, 1.807) is 0 Å². The van der Waals surface area contributed by atoms with Crippen LogP contribution in [0.25, 0.3) is 0 Å². The van der Waals surface area contributed by atoms with Crippen LogP contribution in [0.2, 0.25) is 0 Å². The van der Waals surface area contributed by atoms with E-state index in [4.69, 9.17) is 0 Å². The Morgan fingerprint density at radius 2 is 2.31 bits per heavy atom. The van der Waals surface area contributed by atoms with E-state index in [2.05, 4.69) is 40.8 Å². The Bertz CT molecular complexity index is 260. The van der Waals surface area contributed by atoms with E-state index in [0.717, 1.165) is 6.42 Å². The van der Waals surface area contributed by atoms with Gasteiger partial charge >= 0.3 is 0 Å². The van der Waals surface area contributed by atoms with Crippen molar-refractivity contribution < 1.29 is 0 Å². The maximum atomic E-state index is 4.08. The molecule has 0 aromatic carbocycles. The summed E-state index contributed by atoms with van der Waals surface area (Å²) >= 11 is 3.69. The molecule has 0 amide bonds. The van der Waals surface area contributed by atoms with Crippen LogP contribution in [-0.2, 0) is 6.42 Å². The zero-order valence-electron chi connectivity index (χ0n) is 8.26. The molecule has 0 saturated heterocycles. The Kier molecular flexibility index (Phi) is 4.43. The second kappa shape index (κ2) is 5.38. The van der Waals surface area contributed by atoms with E-state index in [9.17, 15) is 0 Å². The largest absolute Gasteiger partial charge is 0.264 e. The minimum absolute atomic E-state index is 0.610. The number of pyridine rings is 1. The van der Waals surface area contributed by atoms with Gasteiger partial charge in [-0.25, -0.2) is 0 Å². The predicted molar refractivity (Wildman–Crippen MR) is 60.3 cm³/mol. The highest BCUT2D eigenvalue weighted by atomic mass is 79.9. The van der Waals surface area contributed by atoms with Gasteiger partial charge in [-0.2, -0.15) is 0 Å². The highest BCUT2D eigenvalue weighted by molar-refractivity contribution is 9.09. The lowest BCUT2D eigenvalue weighted by Crippen LogP contribution is -2.03. The van der Waals surface area contributed by atoms with Crippen LogP contribution >= 0.6 is 15.9 Å². The standard InChI is InChI=1S/C11H16BrN/c1-3-4-11(12)7-10-5-6-13-8-9(10)2/h5-6,8,11H,3-4,7H2,1-2H3. The molecule has 1 nitrogen and oxygen atoms in total. The summed E-state index contributed by atoms with van der Waals surface area (Å²) in [4.78, 5) is 4.69. The fourth-order valence-corrected chi connectivity index (χ4v) is 2.19. The Morgan fingerprint density at radius 1 is 1.54 bits per heavy atom. The van der Waals surface area contributed by atoms with E-state index < -0.39 is 0 Å². The number of hydrogen-bond acceptors (Lipinski definition) is 1. The summed E-state index contributed by atoms with van der Waals surface area (Å²) in [6, 6.07) is 2.11. The average molecular weight is 242 g/mol. The molecule has 0 radical (unpaired) electrons. The second-order valence-corrected chi connectivity index (χ2v) is 4.69. The molecule has 13 heavy (non-hydrogen) atoms. The molecule has 2 heteroatoms. The van der Waals surface area contributed by atoms with Crippen LogP contribution in [0.5, 0.6) is 0 Å². The normalized spacial score (nSPS) is 12.8. The SMILES string of the molecule is CCCC(Br)Cc1ccncc1C. The van der Waals surface area contributed by atoms with Crippen molar-refractivity contribution in [2.75, 3.05) is 0 Å². The van der Waals surface area contributed by atoms with Gasteiger partial charge in [-0.15, -0.1) is 0 Å². The number of aryl methyl sites for hydroxylation is 1. The number of aromatic nitrogens is 1. The molecule has 1 aromatic heterocycles. The predicted octanol–water partition coefficient (Wildman–Crippen LogP) is 3.50. The van der Waals surface area contributed by atoms with Crippen LogP contribution in [0.3, 0.4) is 0 Å². The summed E-state index contributed by atoms with van der Waals surface area (Å²) in [5.41, 5.74) is 2.70. The molecule has 0 bridgehead atoms. The Balaban J connectivity index is 2.58. The second-order valence-electron chi connectivity index (χ2n) is 3.39. The van der Waals surface area contributed by atoms with Crippen LogP contribution in [0, 0.1) is 6.92 Å². The topological polar surface area (TPSA) is 12.9 Å². The molecule has 0 saturated carbocycles. The molecule has 1 heterocycles. The average Bonchev–Trinajstić information content (AvgIpc) is 2.09. The molecular weight excluding hydrogens is 226 g/mol. The molecule has 72 valence electrons. The summed E-state index contributed by atoms with van der Waals surface area (Å²) in [7, 11) is 0. The molecule has 0 aliphatic rings. The third kappa shape index (κ3) is 3.47. The summed E-state index contributed by atoms with van der Waals surface area (Å²) < 4.78 is 0. The van der Waals surface area contributed by atoms with Crippen molar-refractivity contribution in [2.24, 2.45) is 0 Å². The molecular formula is C11H16BrN. The van der Waals surface area contributed by atoms with E-state index in [-0.39, 0.29) is 0 Å². The first-order valence-corrected chi connectivity index (χ1v) is 5.69. The van der Waals surface area contributed by atoms with Crippen molar-refractivity contribution in [3.63, 3.8) is 0 Å². The number of halogens is 1. The first-order chi connectivity index (χ1) is 6.24. The van der Waals surface area contributed by atoms with Crippen LogP contribution in [0.1, 0.15) is 30.9 Å². The van der Waals surface area contributed by atoms with Crippen LogP contribution in [0.4, 0.5) is 0 Å². The van der Waals surface area contributed by atoms with Gasteiger partial charge in [0.1, 0.15) is 0 Å². The van der Waals surface area contributed by atoms with Gasteiger partial charge in [0.2, 0.25) is 0 Å². The fraction of sp³-hybridized carbons (Fsp3) is 0.545. The number of alkyl halides is 1. The van der Waals surface area contributed by atoms with Crippen LogP contribution in [0.15, 0.2) is 18.5 Å². The Morgan fingerprint density at radius 3 is 2.92 bits per heavy atom. The lowest BCUT2D eigenvalue weighted by molar-refractivity contribution is 0.742. The highest BCUT2D eigenvalue weighted by Gasteiger charge is 2.05. The van der Waals surface area contributed by atoms with Gasteiger partial charge in [-0.05, 0) is 37.0 Å². The van der Waals surface area contributed by atoms with E-state index >= 15 is 0 Å². The van der Waals surface area contributed by atoms with Gasteiger partial charge < -0.3 is 0 Å². The van der Waals surface area contributed by atoms with Gasteiger partial charge in [0.05, 0.1) is 0 Å². The number of rotatable bonds is 4. The molecule has 1 unspecified atom stereocenters. The molecule has 0 aliphatic heterocycles. The van der Waals surface area contributed by atoms with E-state index in [1.165, 1.54) is 24.0 Å². The van der Waals surface area contributed by atoms with Gasteiger partial charge in [-0.3, -0.25) is 4.98 Å². The molecule has 1 rings (SSSR count). The van der Waals surface area contributed by atoms with Crippen molar-refractivity contribution in [3.05, 3.63) is 29.6 Å². The van der Waals surface area contributed by atoms with Gasteiger partial charge in [0, 0.05) is 17.2 Å². The van der Waals surface area contributed by atoms with Crippen LogP contribution < -0.4 is 0 Å². The van der Waals surface area contributed by atoms with Gasteiger partial charge in [0.15, 0.2) is 0 Å². The lowest BCUT2D eigenvalue weighted by Gasteiger charge is -2.09. The monoisotopic (exact) mass is 241 g/mol. The Labute approximate surface area is 88.7 Å². The third-order valence-corrected chi connectivity index (χ3v) is 2.96. The van der Waals surface area contributed by atoms with Crippen molar-refractivity contribution in [1.29, 1.82) is 0 Å². The maximum Gasteiger partial charge on any atom is 0.0299 e. The first-order valence-electron chi connectivity index (χ1n) is 4.77. The van der Waals surface area contributed by atoms with Crippen molar-refractivity contribution in [2.45, 2.75) is 37.9 Å². The summed E-state index contributed by atoms with van der Waals surface area (Å²) in [6.45, 7) is 4.33. The summed E-state index contributed by atoms with van der Waals surface area (Å²) in [5, 5.41) is 0. The summed E-state index contributed by atoms with van der Waals surface area (Å²) in [6.07, 6.45) is 7.39. The van der Waals surface area contributed by atoms with Crippen molar-refractivity contribution in [3.8, 4) is 0 Å². The van der Waals surface area contributed by atoms with E-state index in [0.29, 0.717) is 4.83 Å². The molecule has 0 fully saturated rings. The fourth-order valence-electron chi connectivity index (χ4n) is 1.39. The molecule has 0 aliphatic carbocycles. The maximum absolute atomic E-state index is 4.08. The minimum atomic E-state index is 0.610. The lowest BCUT2D eigenvalue weighted by atomic mass is 10.0. The minimum Gasteiger partial charge on any atom is -0.264 e. The van der Waals surface area contributed by atoms with Crippen molar-refractivity contribution >= 4 is 15.9 Å². The number of hydrogen-bond donors (Lipinski definition) is 0. The van der Waals surface area contributed by atoms with Gasteiger partial charge in [-0.1, -0.05) is 29.3 Å². The number of nitrogens with zero attached hydrogens (tertiary/aromatic N) is 1. The summed E-state index contributed by atoms with van der Waals surface area (Å²) in [5.74, 6) is 0. The van der Waals surface area contributed by atoms with Crippen molar-refractivity contribution in [1.82, 2.24) is 4.98 Å². The molecule has 1 aromatic rings. The van der Waals surface area contributed by atoms with E-state index in [1.807, 2.05) is 12.4 Å². The van der Waals surface area contributed by atoms with Crippen LogP contribution in [-0.4, -0.2) is 9.81 Å². The third-order valence-electron chi connectivity index (χ3n) is 2.18. The first kappa shape index (κ1) is 10.7. The molecule has 0 N–H and O–H groups in total. The zero-order valence-corrected chi connectivity index (χ0v) is 9.84. The quantitative estimate of drug-likeness (QED) is 0.736. The Hall–Kier alpha value is -0.370. The van der Waals surface area contributed by atoms with Gasteiger partial charge in [0.25, 0.3) is 0 Å².